The minimum absolute atomic E-state index is 0.0236. The first-order valence-electron chi connectivity index (χ1n) is 34.9. The van der Waals surface area contributed by atoms with Crippen LogP contribution in [0.15, 0.2) is 200 Å². The molecule has 94 heavy (non-hydrogen) atoms. The van der Waals surface area contributed by atoms with Crippen molar-refractivity contribution in [3.05, 3.63) is 267 Å². The predicted octanol–water partition coefficient (Wildman–Crippen LogP) is 25.1. The first-order chi connectivity index (χ1) is 43.3. The van der Waals surface area contributed by atoms with E-state index in [0.717, 1.165) is 16.7 Å². The summed E-state index contributed by atoms with van der Waals surface area (Å²) in [7, 11) is -2.35. The van der Waals surface area contributed by atoms with Crippen molar-refractivity contribution in [2.45, 2.75) is 254 Å². The van der Waals surface area contributed by atoms with E-state index >= 15 is 0 Å². The molecule has 9 rings (SSSR count). The van der Waals surface area contributed by atoms with Gasteiger partial charge in [-0.2, -0.15) is 0 Å². The van der Waals surface area contributed by atoms with E-state index in [9.17, 15) is 0 Å². The molecule has 0 saturated carbocycles. The van der Waals surface area contributed by atoms with Crippen LogP contribution in [0.1, 0.15) is 254 Å². The first-order valence-corrected chi connectivity index (χ1v) is 36.0. The standard InChI is InChI=1S/C90H117O3P/c1-79(2,3)64-43-37-61(38-44-64)73-31-28-34-76(88(73,85(19,20)21)70-55-49-67(50-56-70)82(10,11)12)91-94(92-77-35-29-32-74(62-39-45-65(46-40-62)80(4,5)6)89(77,86(22,23)24)71-57-51-68(52-58-71)83(13,14)15)93-78-36-30-33-75(63-41-47-66(48-42-63)81(7,8)9)90(78,87(25,26)27)72-59-53-69(54-60-72)84(16,17)18/h28-60,76-78H,1-27H3. The molecule has 0 N–H and O–H groups in total. The summed E-state index contributed by atoms with van der Waals surface area (Å²) in [5, 5.41) is 0. The Morgan fingerprint density at radius 2 is 0.415 bits per heavy atom. The molecule has 3 nitrogen and oxygen atoms in total. The number of rotatable bonds is 12. The van der Waals surface area contributed by atoms with Crippen LogP contribution in [0.3, 0.4) is 0 Å². The zero-order valence-electron chi connectivity index (χ0n) is 63.0. The Labute approximate surface area is 572 Å². The molecule has 0 saturated heterocycles. The van der Waals surface area contributed by atoms with E-state index in [4.69, 9.17) is 13.6 Å². The lowest BCUT2D eigenvalue weighted by Gasteiger charge is -2.55. The summed E-state index contributed by atoms with van der Waals surface area (Å²) in [6, 6.07) is 56.5. The van der Waals surface area contributed by atoms with Gasteiger partial charge < -0.3 is 13.6 Å². The van der Waals surface area contributed by atoms with E-state index in [1.807, 2.05) is 0 Å². The molecular formula is C90H117O3P. The molecule has 6 atom stereocenters. The van der Waals surface area contributed by atoms with Gasteiger partial charge in [0, 0.05) is 0 Å². The lowest BCUT2D eigenvalue weighted by Crippen LogP contribution is -2.54. The van der Waals surface area contributed by atoms with Crippen LogP contribution in [0.25, 0.3) is 16.7 Å². The highest BCUT2D eigenvalue weighted by molar-refractivity contribution is 7.41. The van der Waals surface area contributed by atoms with Crippen LogP contribution >= 0.6 is 8.60 Å². The topological polar surface area (TPSA) is 27.7 Å². The lowest BCUT2D eigenvalue weighted by atomic mass is 9.53. The normalized spacial score (nSPS) is 23.0. The van der Waals surface area contributed by atoms with Gasteiger partial charge in [0.05, 0.1) is 34.6 Å². The smallest absolute Gasteiger partial charge is 0.303 e. The van der Waals surface area contributed by atoms with Crippen molar-refractivity contribution in [2.75, 3.05) is 0 Å². The average molecular weight is 1280 g/mol. The molecule has 0 fully saturated rings. The second-order valence-corrected chi connectivity index (χ2v) is 37.9. The molecule has 3 aliphatic carbocycles. The SMILES string of the molecule is CC(C)(C)c1ccc(C2=CC=CC(OP(OC3C=CC=C(c4ccc(C(C)(C)C)cc4)C3(c3ccc(C(C)(C)C)cc3)C(C)(C)C)OC3C=CC=C(c4ccc(C(C)(C)C)cc4)C3(c3ccc(C(C)(C)C)cc3)C(C)(C)C)C2(c2ccc(C(C)(C)C)cc2)C(C)(C)C)cc1. The maximum atomic E-state index is 8.41. The number of allylic oxidation sites excluding steroid dienone is 6. The molecule has 0 spiro atoms. The highest BCUT2D eigenvalue weighted by atomic mass is 31.2. The summed E-state index contributed by atoms with van der Waals surface area (Å²) in [5.41, 5.74) is 14.4. The zero-order chi connectivity index (χ0) is 69.4. The van der Waals surface area contributed by atoms with Crippen molar-refractivity contribution in [1.82, 2.24) is 0 Å². The van der Waals surface area contributed by atoms with E-state index in [2.05, 4.69) is 387 Å². The maximum Gasteiger partial charge on any atom is 0.334 e. The minimum Gasteiger partial charge on any atom is -0.303 e. The minimum atomic E-state index is -2.35. The number of benzene rings is 6. The molecular weight excluding hydrogens is 1160 g/mol. The van der Waals surface area contributed by atoms with E-state index in [0.29, 0.717) is 0 Å². The third-order valence-corrected chi connectivity index (χ3v) is 22.4. The van der Waals surface area contributed by atoms with Gasteiger partial charge in [0.15, 0.2) is 0 Å². The third-order valence-electron chi connectivity index (χ3n) is 21.2. The highest BCUT2D eigenvalue weighted by Crippen LogP contribution is 2.66. The Morgan fingerprint density at radius 3 is 0.574 bits per heavy atom. The lowest BCUT2D eigenvalue weighted by molar-refractivity contribution is 0.0105. The Balaban J connectivity index is 1.35. The van der Waals surface area contributed by atoms with Crippen LogP contribution in [0, 0.1) is 16.2 Å². The van der Waals surface area contributed by atoms with Crippen molar-refractivity contribution in [3.63, 3.8) is 0 Å². The quantitative estimate of drug-likeness (QED) is 0.114. The number of hydrogen-bond donors (Lipinski definition) is 0. The van der Waals surface area contributed by atoms with E-state index in [1.54, 1.807) is 0 Å². The summed E-state index contributed by atoms with van der Waals surface area (Å²) in [6.45, 7) is 63.0. The van der Waals surface area contributed by atoms with Crippen molar-refractivity contribution >= 4 is 25.3 Å². The van der Waals surface area contributed by atoms with Gasteiger partial charge in [-0.1, -0.05) is 387 Å². The third kappa shape index (κ3) is 13.7. The Kier molecular flexibility index (Phi) is 19.6. The second-order valence-electron chi connectivity index (χ2n) is 36.8. The molecule has 6 aromatic carbocycles. The molecule has 6 unspecified atom stereocenters. The van der Waals surface area contributed by atoms with Gasteiger partial charge >= 0.3 is 8.60 Å². The molecule has 6 aromatic rings. The zero-order valence-corrected chi connectivity index (χ0v) is 63.9. The Morgan fingerprint density at radius 1 is 0.245 bits per heavy atom. The molecule has 4 heteroatoms. The van der Waals surface area contributed by atoms with Crippen LogP contribution in [-0.4, -0.2) is 18.3 Å². The van der Waals surface area contributed by atoms with Gasteiger partial charge in [0.25, 0.3) is 0 Å². The fourth-order valence-corrected chi connectivity index (χ4v) is 17.0. The predicted molar refractivity (Wildman–Crippen MR) is 407 cm³/mol. The second kappa shape index (κ2) is 25.5. The summed E-state index contributed by atoms with van der Waals surface area (Å²) in [6.07, 6.45) is 18.9. The van der Waals surface area contributed by atoms with Crippen LogP contribution < -0.4 is 0 Å². The molecule has 0 aliphatic heterocycles. The van der Waals surface area contributed by atoms with Crippen molar-refractivity contribution in [1.29, 1.82) is 0 Å². The Bertz CT molecular complexity index is 3410. The van der Waals surface area contributed by atoms with Crippen LogP contribution in [-0.2, 0) is 62.3 Å². The van der Waals surface area contributed by atoms with Crippen LogP contribution in [0.2, 0.25) is 0 Å². The van der Waals surface area contributed by atoms with Gasteiger partial charge in [-0.3, -0.25) is 0 Å². The summed E-state index contributed by atoms with van der Waals surface area (Å²) < 4.78 is 25.2. The Hall–Kier alpha value is -5.93. The molecule has 0 aromatic heterocycles. The molecule has 0 heterocycles. The molecule has 0 radical (unpaired) electrons. The van der Waals surface area contributed by atoms with Gasteiger partial charge in [0.2, 0.25) is 0 Å². The van der Waals surface area contributed by atoms with Gasteiger partial charge in [-0.15, -0.1) is 0 Å². The van der Waals surface area contributed by atoms with Crippen molar-refractivity contribution in [2.24, 2.45) is 16.2 Å². The fraction of sp³-hybridized carbons (Fsp3) is 0.467. The van der Waals surface area contributed by atoms with E-state index in [1.165, 1.54) is 66.8 Å². The van der Waals surface area contributed by atoms with E-state index < -0.39 is 59.4 Å². The molecule has 0 amide bonds. The highest BCUT2D eigenvalue weighted by Gasteiger charge is 2.60. The summed E-state index contributed by atoms with van der Waals surface area (Å²) in [4.78, 5) is 0. The van der Waals surface area contributed by atoms with Crippen LogP contribution in [0.4, 0.5) is 0 Å². The van der Waals surface area contributed by atoms with Gasteiger partial charge in [-0.25, -0.2) is 0 Å². The molecule has 0 bridgehead atoms. The van der Waals surface area contributed by atoms with Gasteiger partial charge in [-0.05, 0) is 132 Å². The largest absolute Gasteiger partial charge is 0.334 e. The molecule has 500 valence electrons. The maximum absolute atomic E-state index is 8.41. The molecule has 3 aliphatic rings. The summed E-state index contributed by atoms with van der Waals surface area (Å²) >= 11 is 0. The number of hydrogen-bond acceptors (Lipinski definition) is 3. The monoisotopic (exact) mass is 1280 g/mol. The van der Waals surface area contributed by atoms with Gasteiger partial charge in [0.1, 0.15) is 0 Å². The fourth-order valence-electron chi connectivity index (χ4n) is 15.6. The summed E-state index contributed by atoms with van der Waals surface area (Å²) in [5.74, 6) is 0. The van der Waals surface area contributed by atoms with Crippen molar-refractivity contribution < 1.29 is 13.6 Å². The average Bonchev–Trinajstić information content (AvgIpc) is 0.723. The first kappa shape index (κ1) is 72.3. The van der Waals surface area contributed by atoms with Crippen molar-refractivity contribution in [3.8, 4) is 0 Å². The van der Waals surface area contributed by atoms with Crippen LogP contribution in [0.5, 0.6) is 0 Å². The van der Waals surface area contributed by atoms with E-state index in [-0.39, 0.29) is 32.5 Å².